The van der Waals surface area contributed by atoms with E-state index in [-0.39, 0.29) is 12.5 Å². The maximum absolute atomic E-state index is 11.8. The normalized spacial score (nSPS) is 12.1. The van der Waals surface area contributed by atoms with E-state index in [0.29, 0.717) is 5.69 Å². The van der Waals surface area contributed by atoms with Gasteiger partial charge in [-0.05, 0) is 19.9 Å². The number of hydrogen-bond donors (Lipinski definition) is 0. The second kappa shape index (κ2) is 5.99. The van der Waals surface area contributed by atoms with Crippen molar-refractivity contribution < 1.29 is 22.7 Å². The SMILES string of the molecule is CC(C)n1ccc(CC(=O)COCC(F)(F)F)n1. The van der Waals surface area contributed by atoms with Gasteiger partial charge in [0.1, 0.15) is 13.2 Å². The molecule has 0 saturated carbocycles. The average Bonchev–Trinajstić information content (AvgIpc) is 2.64. The van der Waals surface area contributed by atoms with E-state index >= 15 is 0 Å². The number of rotatable bonds is 6. The van der Waals surface area contributed by atoms with Gasteiger partial charge in [0.2, 0.25) is 0 Å². The maximum Gasteiger partial charge on any atom is 0.411 e. The summed E-state index contributed by atoms with van der Waals surface area (Å²) in [6.45, 7) is 1.92. The number of ether oxygens (including phenoxy) is 1. The van der Waals surface area contributed by atoms with Gasteiger partial charge in [-0.3, -0.25) is 9.48 Å². The van der Waals surface area contributed by atoms with Gasteiger partial charge in [-0.1, -0.05) is 0 Å². The molecule has 0 aromatic carbocycles. The van der Waals surface area contributed by atoms with Crippen LogP contribution in [0.15, 0.2) is 12.3 Å². The fraction of sp³-hybridized carbons (Fsp3) is 0.636. The molecule has 0 radical (unpaired) electrons. The van der Waals surface area contributed by atoms with Gasteiger partial charge >= 0.3 is 6.18 Å². The van der Waals surface area contributed by atoms with E-state index < -0.39 is 25.2 Å². The third kappa shape index (κ3) is 5.31. The molecular formula is C11H15F3N2O2. The minimum absolute atomic E-state index is 0.0163. The Morgan fingerprint density at radius 2 is 2.17 bits per heavy atom. The lowest BCUT2D eigenvalue weighted by molar-refractivity contribution is -0.175. The minimum Gasteiger partial charge on any atom is -0.364 e. The fourth-order valence-corrected chi connectivity index (χ4v) is 1.29. The summed E-state index contributed by atoms with van der Waals surface area (Å²) >= 11 is 0. The molecule has 0 aliphatic heterocycles. The number of alkyl halides is 3. The van der Waals surface area contributed by atoms with Crippen molar-refractivity contribution in [2.75, 3.05) is 13.2 Å². The smallest absolute Gasteiger partial charge is 0.364 e. The summed E-state index contributed by atoms with van der Waals surface area (Å²) in [5.74, 6) is -0.423. The van der Waals surface area contributed by atoms with Crippen LogP contribution in [0.2, 0.25) is 0 Å². The monoisotopic (exact) mass is 264 g/mol. The topological polar surface area (TPSA) is 44.1 Å². The lowest BCUT2D eigenvalue weighted by Gasteiger charge is -2.06. The summed E-state index contributed by atoms with van der Waals surface area (Å²) in [6.07, 6.45) is -2.69. The van der Waals surface area contributed by atoms with Gasteiger partial charge < -0.3 is 4.74 Å². The Labute approximate surface area is 103 Å². The van der Waals surface area contributed by atoms with Crippen LogP contribution in [0, 0.1) is 0 Å². The fourth-order valence-electron chi connectivity index (χ4n) is 1.29. The van der Waals surface area contributed by atoms with Gasteiger partial charge in [0, 0.05) is 12.2 Å². The molecule has 1 aromatic heterocycles. The largest absolute Gasteiger partial charge is 0.411 e. The molecule has 0 atom stereocenters. The molecular weight excluding hydrogens is 249 g/mol. The van der Waals surface area contributed by atoms with Gasteiger partial charge in [-0.2, -0.15) is 18.3 Å². The number of carbonyl (C=O) groups is 1. The number of hydrogen-bond acceptors (Lipinski definition) is 3. The van der Waals surface area contributed by atoms with Gasteiger partial charge in [0.25, 0.3) is 0 Å². The van der Waals surface area contributed by atoms with Gasteiger partial charge in [0.15, 0.2) is 5.78 Å². The summed E-state index contributed by atoms with van der Waals surface area (Å²) in [4.78, 5) is 11.3. The zero-order valence-corrected chi connectivity index (χ0v) is 10.2. The van der Waals surface area contributed by atoms with E-state index in [1.807, 2.05) is 13.8 Å². The zero-order chi connectivity index (χ0) is 13.8. The quantitative estimate of drug-likeness (QED) is 0.790. The van der Waals surface area contributed by atoms with Gasteiger partial charge in [0.05, 0.1) is 12.1 Å². The number of aromatic nitrogens is 2. The molecule has 7 heteroatoms. The Morgan fingerprint density at radius 3 is 2.67 bits per heavy atom. The molecule has 1 rings (SSSR count). The Balaban J connectivity index is 2.35. The van der Waals surface area contributed by atoms with Crippen LogP contribution in [0.25, 0.3) is 0 Å². The summed E-state index contributed by atoms with van der Waals surface area (Å²) in [6, 6.07) is 1.84. The minimum atomic E-state index is -4.40. The number of nitrogens with zero attached hydrogens (tertiary/aromatic N) is 2. The second-order valence-electron chi connectivity index (χ2n) is 4.20. The highest BCUT2D eigenvalue weighted by Crippen LogP contribution is 2.14. The van der Waals surface area contributed by atoms with Crippen LogP contribution in [0.4, 0.5) is 13.2 Å². The molecule has 0 saturated heterocycles. The van der Waals surface area contributed by atoms with E-state index in [1.165, 1.54) is 0 Å². The Bertz CT molecular complexity index is 399. The van der Waals surface area contributed by atoms with Crippen LogP contribution in [0.1, 0.15) is 25.6 Å². The molecule has 0 aliphatic rings. The highest BCUT2D eigenvalue weighted by Gasteiger charge is 2.27. The van der Waals surface area contributed by atoms with Gasteiger partial charge in [-0.15, -0.1) is 0 Å². The lowest BCUT2D eigenvalue weighted by atomic mass is 10.2. The molecule has 1 aromatic rings. The van der Waals surface area contributed by atoms with E-state index in [2.05, 4.69) is 9.84 Å². The molecule has 4 nitrogen and oxygen atoms in total. The molecule has 102 valence electrons. The molecule has 18 heavy (non-hydrogen) atoms. The Kier molecular flexibility index (Phi) is 4.89. The molecule has 0 fully saturated rings. The highest BCUT2D eigenvalue weighted by molar-refractivity contribution is 5.81. The first kappa shape index (κ1) is 14.7. The lowest BCUT2D eigenvalue weighted by Crippen LogP contribution is -2.21. The summed E-state index contributed by atoms with van der Waals surface area (Å²) in [5, 5.41) is 4.12. The number of halogens is 3. The van der Waals surface area contributed by atoms with Crippen LogP contribution < -0.4 is 0 Å². The van der Waals surface area contributed by atoms with E-state index in [0.717, 1.165) is 0 Å². The standard InChI is InChI=1S/C11H15F3N2O2/c1-8(2)16-4-3-9(15-16)5-10(17)6-18-7-11(12,13)14/h3-4,8H,5-7H2,1-2H3. The first-order valence-electron chi connectivity index (χ1n) is 5.48. The van der Waals surface area contributed by atoms with Crippen molar-refractivity contribution in [1.82, 2.24) is 9.78 Å². The predicted octanol–water partition coefficient (Wildman–Crippen LogP) is 2.15. The van der Waals surface area contributed by atoms with E-state index in [9.17, 15) is 18.0 Å². The van der Waals surface area contributed by atoms with Crippen molar-refractivity contribution in [2.24, 2.45) is 0 Å². The third-order valence-corrected chi connectivity index (χ3v) is 2.10. The maximum atomic E-state index is 11.8. The molecule has 0 amide bonds. The molecule has 1 heterocycles. The average molecular weight is 264 g/mol. The summed E-state index contributed by atoms with van der Waals surface area (Å²) in [5.41, 5.74) is 0.532. The van der Waals surface area contributed by atoms with Crippen LogP contribution in [0.5, 0.6) is 0 Å². The summed E-state index contributed by atoms with van der Waals surface area (Å²) < 4.78 is 41.3. The Hall–Kier alpha value is -1.37. The van der Waals surface area contributed by atoms with Crippen LogP contribution >= 0.6 is 0 Å². The van der Waals surface area contributed by atoms with Crippen molar-refractivity contribution in [1.29, 1.82) is 0 Å². The zero-order valence-electron chi connectivity index (χ0n) is 10.2. The van der Waals surface area contributed by atoms with E-state index in [4.69, 9.17) is 0 Å². The number of Topliss-reactive ketones (excluding diaryl/α,β-unsaturated/α-hetero) is 1. The second-order valence-corrected chi connectivity index (χ2v) is 4.20. The van der Waals surface area contributed by atoms with Crippen LogP contribution in [-0.4, -0.2) is 35.0 Å². The highest BCUT2D eigenvalue weighted by atomic mass is 19.4. The first-order chi connectivity index (χ1) is 8.28. The molecule has 0 N–H and O–H groups in total. The van der Waals surface area contributed by atoms with Crippen LogP contribution in [0.3, 0.4) is 0 Å². The van der Waals surface area contributed by atoms with E-state index in [1.54, 1.807) is 16.9 Å². The van der Waals surface area contributed by atoms with Crippen molar-refractivity contribution in [3.05, 3.63) is 18.0 Å². The number of carbonyl (C=O) groups excluding carboxylic acids is 1. The van der Waals surface area contributed by atoms with Crippen molar-refractivity contribution >= 4 is 5.78 Å². The molecule has 0 unspecified atom stereocenters. The summed E-state index contributed by atoms with van der Waals surface area (Å²) in [7, 11) is 0. The van der Waals surface area contributed by atoms with Crippen molar-refractivity contribution in [2.45, 2.75) is 32.5 Å². The molecule has 0 spiro atoms. The Morgan fingerprint density at radius 1 is 1.50 bits per heavy atom. The van der Waals surface area contributed by atoms with Crippen molar-refractivity contribution in [3.8, 4) is 0 Å². The molecule has 0 aliphatic carbocycles. The first-order valence-corrected chi connectivity index (χ1v) is 5.48. The third-order valence-electron chi connectivity index (χ3n) is 2.10. The number of ketones is 1. The van der Waals surface area contributed by atoms with Crippen molar-refractivity contribution in [3.63, 3.8) is 0 Å². The predicted molar refractivity (Wildman–Crippen MR) is 58.2 cm³/mol. The molecule has 0 bridgehead atoms. The van der Waals surface area contributed by atoms with Gasteiger partial charge in [-0.25, -0.2) is 0 Å². The van der Waals surface area contributed by atoms with Crippen LogP contribution in [-0.2, 0) is 16.0 Å².